The molecule has 3 aromatic rings. The van der Waals surface area contributed by atoms with E-state index in [1.54, 1.807) is 48.9 Å². The summed E-state index contributed by atoms with van der Waals surface area (Å²) in [6, 6.07) is 11.5. The van der Waals surface area contributed by atoms with E-state index in [0.717, 1.165) is 7.14 Å². The number of hydrogen-bond donors (Lipinski definition) is 0. The van der Waals surface area contributed by atoms with Crippen molar-refractivity contribution in [1.82, 2.24) is 9.55 Å². The van der Waals surface area contributed by atoms with Gasteiger partial charge in [-0.25, -0.2) is 17.8 Å². The Bertz CT molecular complexity index is 1190. The van der Waals surface area contributed by atoms with Crippen LogP contribution in [-0.2, 0) is 25.9 Å². The zero-order valence-corrected chi connectivity index (χ0v) is 22.5. The molecule has 2 aromatic carbocycles. The summed E-state index contributed by atoms with van der Waals surface area (Å²) in [5, 5.41) is 0. The van der Waals surface area contributed by atoms with E-state index in [1.807, 2.05) is 17.7 Å². The molecule has 1 saturated heterocycles. The minimum atomic E-state index is -3.93. The number of ether oxygens (including phenoxy) is 1. The van der Waals surface area contributed by atoms with Crippen LogP contribution in [0.15, 0.2) is 66.1 Å². The molecule has 0 unspecified atom stereocenters. The average Bonchev–Trinajstić information content (AvgIpc) is 3.29. The molecule has 0 saturated carbocycles. The van der Waals surface area contributed by atoms with E-state index in [9.17, 15) is 8.42 Å². The molecular weight excluding hydrogens is 657 g/mol. The Hall–Kier alpha value is -1.05. The van der Waals surface area contributed by atoms with E-state index < -0.39 is 26.3 Å². The van der Waals surface area contributed by atoms with Crippen molar-refractivity contribution in [1.29, 1.82) is 0 Å². The van der Waals surface area contributed by atoms with E-state index in [1.165, 1.54) is 6.07 Å². The fourth-order valence-corrected chi connectivity index (χ4v) is 7.82. The lowest BCUT2D eigenvalue weighted by atomic mass is 9.77. The third kappa shape index (κ3) is 4.37. The Kier molecular flexibility index (Phi) is 7.28. The maximum atomic E-state index is 15.3. The molecule has 0 radical (unpaired) electrons. The van der Waals surface area contributed by atoms with Gasteiger partial charge in [0.2, 0.25) is 0 Å². The van der Waals surface area contributed by atoms with Gasteiger partial charge in [0.1, 0.15) is 10.6 Å². The van der Waals surface area contributed by atoms with Gasteiger partial charge in [-0.2, -0.15) is 0 Å². The van der Waals surface area contributed by atoms with E-state index in [0.29, 0.717) is 13.0 Å². The Morgan fingerprint density at radius 1 is 1.19 bits per heavy atom. The maximum absolute atomic E-state index is 15.3. The molecule has 9 heteroatoms. The number of aryl methyl sites for hydroxylation is 1. The maximum Gasteiger partial charge on any atom is 0.188 e. The Balaban J connectivity index is 1.83. The quantitative estimate of drug-likeness (QED) is 0.327. The zero-order valence-electron chi connectivity index (χ0n) is 17.4. The number of hydrogen-bond acceptors (Lipinski definition) is 4. The van der Waals surface area contributed by atoms with Crippen LogP contribution >= 0.6 is 45.2 Å². The summed E-state index contributed by atoms with van der Waals surface area (Å²) < 4.78 is 52.1. The van der Waals surface area contributed by atoms with Gasteiger partial charge in [-0.1, -0.05) is 6.92 Å². The highest BCUT2D eigenvalue weighted by Gasteiger charge is 2.56. The van der Waals surface area contributed by atoms with Gasteiger partial charge < -0.3 is 9.30 Å². The van der Waals surface area contributed by atoms with Gasteiger partial charge in [0.25, 0.3) is 0 Å². The molecule has 1 aliphatic heterocycles. The van der Waals surface area contributed by atoms with E-state index >= 15 is 4.39 Å². The number of rotatable bonds is 6. The van der Waals surface area contributed by atoms with Crippen molar-refractivity contribution in [3.05, 3.63) is 79.7 Å². The number of benzene rings is 2. The van der Waals surface area contributed by atoms with Crippen LogP contribution in [0.3, 0.4) is 0 Å². The van der Waals surface area contributed by atoms with Crippen LogP contribution in [0.5, 0.6) is 0 Å². The van der Waals surface area contributed by atoms with Gasteiger partial charge in [0.15, 0.2) is 9.84 Å². The molecule has 2 heterocycles. The Morgan fingerprint density at radius 3 is 2.59 bits per heavy atom. The van der Waals surface area contributed by atoms with Gasteiger partial charge in [0.05, 0.1) is 17.3 Å². The van der Waals surface area contributed by atoms with Crippen LogP contribution in [-0.4, -0.2) is 30.7 Å². The second-order valence-electron chi connectivity index (χ2n) is 8.01. The largest absolute Gasteiger partial charge is 0.378 e. The van der Waals surface area contributed by atoms with E-state index in [2.05, 4.69) is 50.2 Å². The third-order valence-corrected chi connectivity index (χ3v) is 10.4. The standard InChI is InChI=1S/C23H23FI2N2O3S/c1-16-22(8-11-28-12-10-27-15-28)31-13-9-23(16,20-14-18(26)4-7-21(20)24)32(29,30)19-5-2-17(25)3-6-19/h2-7,10,12,14-16,22H,8-9,11,13H2,1H3/t16-,22-,23-/m0/s1. The highest BCUT2D eigenvalue weighted by molar-refractivity contribution is 14.1. The molecule has 0 bridgehead atoms. The Labute approximate surface area is 215 Å². The molecule has 1 aliphatic rings. The minimum absolute atomic E-state index is 0.196. The average molecular weight is 680 g/mol. The van der Waals surface area contributed by atoms with Crippen LogP contribution < -0.4 is 0 Å². The summed E-state index contributed by atoms with van der Waals surface area (Å²) in [5.41, 5.74) is 0.228. The number of imidazole rings is 1. The second-order valence-corrected chi connectivity index (χ2v) is 12.7. The summed E-state index contributed by atoms with van der Waals surface area (Å²) in [4.78, 5) is 4.27. The van der Waals surface area contributed by atoms with Gasteiger partial charge in [-0.3, -0.25) is 0 Å². The first-order valence-electron chi connectivity index (χ1n) is 10.3. The van der Waals surface area contributed by atoms with Gasteiger partial charge in [-0.05, 0) is 100 Å². The molecule has 32 heavy (non-hydrogen) atoms. The molecule has 0 amide bonds. The summed E-state index contributed by atoms with van der Waals surface area (Å²) in [7, 11) is -3.93. The first kappa shape index (κ1) is 24.1. The molecule has 170 valence electrons. The lowest BCUT2D eigenvalue weighted by Crippen LogP contribution is -2.52. The lowest BCUT2D eigenvalue weighted by Gasteiger charge is -2.46. The molecule has 3 atom stereocenters. The number of aromatic nitrogens is 2. The normalized spacial score (nSPS) is 23.9. The first-order valence-corrected chi connectivity index (χ1v) is 13.9. The van der Waals surface area contributed by atoms with Gasteiger partial charge in [-0.15, -0.1) is 0 Å². The van der Waals surface area contributed by atoms with Crippen LogP contribution in [0.25, 0.3) is 0 Å². The fraction of sp³-hybridized carbons (Fsp3) is 0.348. The van der Waals surface area contributed by atoms with Crippen molar-refractivity contribution >= 4 is 55.0 Å². The molecule has 1 aromatic heterocycles. The smallest absolute Gasteiger partial charge is 0.188 e. The molecular formula is C23H23FI2N2O3S. The van der Waals surface area contributed by atoms with Crippen molar-refractivity contribution in [2.45, 2.75) is 42.1 Å². The van der Waals surface area contributed by atoms with Crippen molar-refractivity contribution in [2.75, 3.05) is 6.61 Å². The van der Waals surface area contributed by atoms with E-state index in [-0.39, 0.29) is 29.6 Å². The topological polar surface area (TPSA) is 61.2 Å². The zero-order chi connectivity index (χ0) is 22.9. The van der Waals surface area contributed by atoms with Gasteiger partial charge in [0, 0.05) is 44.2 Å². The number of halogens is 3. The minimum Gasteiger partial charge on any atom is -0.378 e. The Morgan fingerprint density at radius 2 is 1.91 bits per heavy atom. The lowest BCUT2D eigenvalue weighted by molar-refractivity contribution is -0.0492. The van der Waals surface area contributed by atoms with Crippen molar-refractivity contribution < 1.29 is 17.5 Å². The molecule has 4 rings (SSSR count). The van der Waals surface area contributed by atoms with E-state index in [4.69, 9.17) is 4.74 Å². The monoisotopic (exact) mass is 680 g/mol. The third-order valence-electron chi connectivity index (χ3n) is 6.32. The highest BCUT2D eigenvalue weighted by Crippen LogP contribution is 2.50. The summed E-state index contributed by atoms with van der Waals surface area (Å²) >= 11 is 4.25. The summed E-state index contributed by atoms with van der Waals surface area (Å²) in [6.07, 6.45) is 5.75. The predicted octanol–water partition coefficient (Wildman–Crippen LogP) is 5.42. The second kappa shape index (κ2) is 9.67. The SMILES string of the molecule is C[C@H]1[C@H](CCn2ccnc2)OCC[C@]1(c1cc(I)ccc1F)S(=O)(=O)c1ccc(I)cc1. The van der Waals surface area contributed by atoms with Crippen LogP contribution in [0.2, 0.25) is 0 Å². The fourth-order valence-electron chi connectivity index (χ4n) is 4.61. The number of nitrogens with zero attached hydrogens (tertiary/aromatic N) is 2. The van der Waals surface area contributed by atoms with Crippen LogP contribution in [0, 0.1) is 18.9 Å². The molecule has 5 nitrogen and oxygen atoms in total. The van der Waals surface area contributed by atoms with Crippen molar-refractivity contribution in [3.8, 4) is 0 Å². The summed E-state index contributed by atoms with van der Waals surface area (Å²) in [6.45, 7) is 2.76. The molecule has 0 N–H and O–H groups in total. The molecule has 1 fully saturated rings. The van der Waals surface area contributed by atoms with Crippen molar-refractivity contribution in [3.63, 3.8) is 0 Å². The number of sulfone groups is 1. The predicted molar refractivity (Wildman–Crippen MR) is 138 cm³/mol. The highest BCUT2D eigenvalue weighted by atomic mass is 127. The first-order chi connectivity index (χ1) is 15.3. The summed E-state index contributed by atoms with van der Waals surface area (Å²) in [5.74, 6) is -0.960. The van der Waals surface area contributed by atoms with Crippen LogP contribution in [0.4, 0.5) is 4.39 Å². The molecule has 0 aliphatic carbocycles. The van der Waals surface area contributed by atoms with Crippen LogP contribution in [0.1, 0.15) is 25.3 Å². The van der Waals surface area contributed by atoms with Crippen molar-refractivity contribution in [2.24, 2.45) is 5.92 Å². The van der Waals surface area contributed by atoms with Gasteiger partial charge >= 0.3 is 0 Å². The molecule has 0 spiro atoms.